The van der Waals surface area contributed by atoms with Crippen LogP contribution in [0.25, 0.3) is 0 Å². The minimum Gasteiger partial charge on any atom is -0.454 e. The average Bonchev–Trinajstić information content (AvgIpc) is 3.15. The van der Waals surface area contributed by atoms with Crippen LogP contribution in [-0.4, -0.2) is 58.0 Å². The molecule has 2 saturated heterocycles. The van der Waals surface area contributed by atoms with Crippen LogP contribution in [0.1, 0.15) is 32.6 Å². The average molecular weight is 341 g/mol. The Balaban J connectivity index is 1.46. The second kappa shape index (κ2) is 6.03. The standard InChI is InChI=1S/C14H19N3O5S/c1-14-5-4-11(19)17(14)9(7-23-14)12(20)22-6-10(18)16-13(21)15-8-2-3-8/h8-9H,2-7H2,1H3,(H2,15,16,18,21)/t9-,14+/m1/s1. The molecule has 2 aliphatic heterocycles. The van der Waals surface area contributed by atoms with Crippen molar-refractivity contribution in [1.29, 1.82) is 0 Å². The number of fused-ring (bicyclic) bond motifs is 1. The molecule has 3 fully saturated rings. The molecule has 0 unspecified atom stereocenters. The van der Waals surface area contributed by atoms with Crippen LogP contribution in [0.15, 0.2) is 0 Å². The minimum atomic E-state index is -0.683. The van der Waals surface area contributed by atoms with Crippen molar-refractivity contribution in [3.8, 4) is 0 Å². The fraction of sp³-hybridized carbons (Fsp3) is 0.714. The highest BCUT2D eigenvalue weighted by Gasteiger charge is 2.53. The Kier molecular flexibility index (Phi) is 4.22. The molecule has 3 aliphatic rings. The first-order valence-electron chi connectivity index (χ1n) is 7.62. The Morgan fingerprint density at radius 1 is 1.39 bits per heavy atom. The Labute approximate surface area is 137 Å². The zero-order valence-electron chi connectivity index (χ0n) is 12.8. The summed E-state index contributed by atoms with van der Waals surface area (Å²) in [7, 11) is 0. The summed E-state index contributed by atoms with van der Waals surface area (Å²) < 4.78 is 4.97. The summed E-state index contributed by atoms with van der Waals surface area (Å²) in [6, 6.07) is -1.10. The number of thioether (sulfide) groups is 1. The van der Waals surface area contributed by atoms with Gasteiger partial charge in [0.2, 0.25) is 5.91 Å². The van der Waals surface area contributed by atoms with Gasteiger partial charge in [0.1, 0.15) is 6.04 Å². The Bertz CT molecular complexity index is 565. The first-order valence-corrected chi connectivity index (χ1v) is 8.61. The van der Waals surface area contributed by atoms with E-state index in [1.807, 2.05) is 6.92 Å². The highest BCUT2D eigenvalue weighted by molar-refractivity contribution is 8.01. The highest BCUT2D eigenvalue weighted by Crippen LogP contribution is 2.47. The van der Waals surface area contributed by atoms with Gasteiger partial charge in [-0.25, -0.2) is 9.59 Å². The van der Waals surface area contributed by atoms with Crippen LogP contribution < -0.4 is 10.6 Å². The van der Waals surface area contributed by atoms with E-state index in [1.54, 1.807) is 16.7 Å². The predicted octanol–water partition coefficient (Wildman–Crippen LogP) is -0.0282. The molecular weight excluding hydrogens is 322 g/mol. The molecule has 0 aromatic heterocycles. The quantitative estimate of drug-likeness (QED) is 0.696. The molecule has 1 aliphatic carbocycles. The smallest absolute Gasteiger partial charge is 0.330 e. The molecule has 0 bridgehead atoms. The van der Waals surface area contributed by atoms with Crippen molar-refractivity contribution in [2.75, 3.05) is 12.4 Å². The lowest BCUT2D eigenvalue weighted by atomic mass is 10.2. The van der Waals surface area contributed by atoms with Gasteiger partial charge in [-0.3, -0.25) is 14.9 Å². The van der Waals surface area contributed by atoms with Crippen molar-refractivity contribution < 1.29 is 23.9 Å². The predicted molar refractivity (Wildman–Crippen MR) is 81.4 cm³/mol. The van der Waals surface area contributed by atoms with Gasteiger partial charge in [-0.05, 0) is 26.2 Å². The van der Waals surface area contributed by atoms with Crippen molar-refractivity contribution in [2.24, 2.45) is 0 Å². The van der Waals surface area contributed by atoms with Crippen molar-refractivity contribution in [2.45, 2.75) is 49.6 Å². The molecule has 2 atom stereocenters. The van der Waals surface area contributed by atoms with Gasteiger partial charge < -0.3 is 15.0 Å². The van der Waals surface area contributed by atoms with Crippen LogP contribution in [0.3, 0.4) is 0 Å². The lowest BCUT2D eigenvalue weighted by molar-refractivity contribution is -0.156. The lowest BCUT2D eigenvalue weighted by Gasteiger charge is -2.29. The van der Waals surface area contributed by atoms with Crippen molar-refractivity contribution >= 4 is 35.6 Å². The molecule has 0 spiro atoms. The number of carbonyl (C=O) groups is 4. The number of imide groups is 1. The number of nitrogens with zero attached hydrogens (tertiary/aromatic N) is 1. The molecule has 4 amide bonds. The molecule has 0 aromatic carbocycles. The van der Waals surface area contributed by atoms with Crippen molar-refractivity contribution in [3.63, 3.8) is 0 Å². The third-order valence-corrected chi connectivity index (χ3v) is 5.73. The van der Waals surface area contributed by atoms with Crippen molar-refractivity contribution in [1.82, 2.24) is 15.5 Å². The van der Waals surface area contributed by atoms with Gasteiger partial charge in [-0.15, -0.1) is 11.8 Å². The maximum Gasteiger partial charge on any atom is 0.330 e. The number of ether oxygens (including phenoxy) is 1. The molecule has 2 heterocycles. The SMILES string of the molecule is C[C@]12CCC(=O)N1[C@@H](C(=O)OCC(=O)NC(=O)NC1CC1)CS2. The van der Waals surface area contributed by atoms with E-state index in [1.165, 1.54) is 0 Å². The summed E-state index contributed by atoms with van der Waals surface area (Å²) in [6.45, 7) is 1.40. The van der Waals surface area contributed by atoms with Crippen molar-refractivity contribution in [3.05, 3.63) is 0 Å². The summed E-state index contributed by atoms with van der Waals surface area (Å²) in [5, 5.41) is 4.71. The van der Waals surface area contributed by atoms with Gasteiger partial charge in [-0.1, -0.05) is 0 Å². The summed E-state index contributed by atoms with van der Waals surface area (Å²) in [4.78, 5) is 48.3. The van der Waals surface area contributed by atoms with E-state index < -0.39 is 30.6 Å². The van der Waals surface area contributed by atoms with E-state index in [4.69, 9.17) is 4.74 Å². The van der Waals surface area contributed by atoms with E-state index in [0.29, 0.717) is 18.6 Å². The Morgan fingerprint density at radius 3 is 2.83 bits per heavy atom. The first-order chi connectivity index (χ1) is 10.9. The summed E-state index contributed by atoms with van der Waals surface area (Å²) in [5.41, 5.74) is 0. The third-order valence-electron chi connectivity index (χ3n) is 4.23. The largest absolute Gasteiger partial charge is 0.454 e. The number of nitrogens with one attached hydrogen (secondary N) is 2. The lowest BCUT2D eigenvalue weighted by Crippen LogP contribution is -2.47. The van der Waals surface area contributed by atoms with Crippen LogP contribution in [0.5, 0.6) is 0 Å². The van der Waals surface area contributed by atoms with E-state index in [-0.39, 0.29) is 16.8 Å². The van der Waals surface area contributed by atoms with Gasteiger partial charge in [0.05, 0.1) is 4.87 Å². The molecule has 8 nitrogen and oxygen atoms in total. The molecule has 0 radical (unpaired) electrons. The Morgan fingerprint density at radius 2 is 2.13 bits per heavy atom. The number of hydrogen-bond acceptors (Lipinski definition) is 6. The van der Waals surface area contributed by atoms with Crippen LogP contribution in [0.2, 0.25) is 0 Å². The van der Waals surface area contributed by atoms with Crippen LogP contribution in [0, 0.1) is 0 Å². The number of rotatable bonds is 4. The van der Waals surface area contributed by atoms with E-state index in [0.717, 1.165) is 12.8 Å². The molecule has 1 saturated carbocycles. The highest BCUT2D eigenvalue weighted by atomic mass is 32.2. The molecule has 3 rings (SSSR count). The van der Waals surface area contributed by atoms with Gasteiger partial charge in [-0.2, -0.15) is 0 Å². The van der Waals surface area contributed by atoms with E-state index in [2.05, 4.69) is 10.6 Å². The van der Waals surface area contributed by atoms with Crippen LogP contribution in [-0.2, 0) is 19.1 Å². The van der Waals surface area contributed by atoms with Crippen LogP contribution in [0.4, 0.5) is 4.79 Å². The molecule has 126 valence electrons. The molecule has 0 aromatic rings. The zero-order chi connectivity index (χ0) is 16.6. The zero-order valence-corrected chi connectivity index (χ0v) is 13.6. The fourth-order valence-corrected chi connectivity index (χ4v) is 4.26. The van der Waals surface area contributed by atoms with Gasteiger partial charge >= 0.3 is 12.0 Å². The Hall–Kier alpha value is -1.77. The monoisotopic (exact) mass is 341 g/mol. The van der Waals surface area contributed by atoms with Gasteiger partial charge in [0.25, 0.3) is 5.91 Å². The van der Waals surface area contributed by atoms with Crippen LogP contribution >= 0.6 is 11.8 Å². The molecular formula is C14H19N3O5S. The molecule has 9 heteroatoms. The molecule has 23 heavy (non-hydrogen) atoms. The second-order valence-electron chi connectivity index (χ2n) is 6.17. The topological polar surface area (TPSA) is 105 Å². The normalized spacial score (nSPS) is 29.2. The number of amides is 4. The van der Waals surface area contributed by atoms with E-state index >= 15 is 0 Å². The number of esters is 1. The maximum absolute atomic E-state index is 12.1. The number of carbonyl (C=O) groups excluding carboxylic acids is 4. The summed E-state index contributed by atoms with van der Waals surface area (Å²) >= 11 is 1.55. The van der Waals surface area contributed by atoms with Gasteiger partial charge in [0.15, 0.2) is 6.61 Å². The van der Waals surface area contributed by atoms with Gasteiger partial charge in [0, 0.05) is 18.2 Å². The summed E-state index contributed by atoms with van der Waals surface area (Å²) in [6.07, 6.45) is 2.97. The number of hydrogen-bond donors (Lipinski definition) is 2. The summed E-state index contributed by atoms with van der Waals surface area (Å²) in [5.74, 6) is -0.884. The minimum absolute atomic E-state index is 0.0623. The maximum atomic E-state index is 12.1. The van der Waals surface area contributed by atoms with E-state index in [9.17, 15) is 19.2 Å². The second-order valence-corrected chi connectivity index (χ2v) is 7.67. The third kappa shape index (κ3) is 3.44. The number of urea groups is 1. The first kappa shape index (κ1) is 16.1. The molecule has 2 N–H and O–H groups in total. The fourth-order valence-electron chi connectivity index (χ4n) is 2.84.